The average Bonchev–Trinajstić information content (AvgIpc) is 2.46. The Kier molecular flexibility index (Phi) is 3.89. The lowest BCUT2D eigenvalue weighted by Crippen LogP contribution is -1.98. The molecule has 0 radical (unpaired) electrons. The highest BCUT2D eigenvalue weighted by Crippen LogP contribution is 2.26. The third-order valence-electron chi connectivity index (χ3n) is 2.59. The smallest absolute Gasteiger partial charge is 0.338 e. The van der Waals surface area contributed by atoms with Gasteiger partial charge in [0.1, 0.15) is 5.69 Å². The lowest BCUT2D eigenvalue weighted by molar-refractivity contribution is -0.384. The van der Waals surface area contributed by atoms with Crippen LogP contribution >= 0.6 is 0 Å². The van der Waals surface area contributed by atoms with Gasteiger partial charge in [-0.3, -0.25) is 10.1 Å². The molecule has 0 fully saturated rings. The maximum absolute atomic E-state index is 11.1. The minimum atomic E-state index is -1.31. The van der Waals surface area contributed by atoms with Gasteiger partial charge >= 0.3 is 5.97 Å². The van der Waals surface area contributed by atoms with E-state index in [2.05, 4.69) is 10.2 Å². The molecular weight excluding hydrogens is 276 g/mol. The Balaban J connectivity index is 2.37. The summed E-state index contributed by atoms with van der Waals surface area (Å²) in [5.74, 6) is -1.31. The van der Waals surface area contributed by atoms with Crippen LogP contribution in [0, 0.1) is 10.1 Å². The van der Waals surface area contributed by atoms with Crippen LogP contribution in [0.3, 0.4) is 0 Å². The van der Waals surface area contributed by atoms with Crippen molar-refractivity contribution in [2.45, 2.75) is 0 Å². The van der Waals surface area contributed by atoms with Crippen LogP contribution in [0.4, 0.5) is 22.7 Å². The number of azo groups is 1. The Bertz CT molecular complexity index is 725. The first-order valence-corrected chi connectivity index (χ1v) is 5.76. The van der Waals surface area contributed by atoms with E-state index >= 15 is 0 Å². The van der Waals surface area contributed by atoms with E-state index in [0.29, 0.717) is 11.4 Å². The third kappa shape index (κ3) is 3.38. The molecule has 0 aliphatic rings. The first-order chi connectivity index (χ1) is 9.97. The highest BCUT2D eigenvalue weighted by atomic mass is 16.6. The summed E-state index contributed by atoms with van der Waals surface area (Å²) < 4.78 is 0. The molecule has 0 heterocycles. The van der Waals surface area contributed by atoms with Crippen molar-refractivity contribution < 1.29 is 14.8 Å². The number of rotatable bonds is 4. The van der Waals surface area contributed by atoms with Gasteiger partial charge in [0.25, 0.3) is 5.69 Å². The number of carboxylic acid groups (broad SMARTS) is 1. The zero-order valence-electron chi connectivity index (χ0n) is 10.6. The summed E-state index contributed by atoms with van der Waals surface area (Å²) in [4.78, 5) is 21.1. The number of nitrogens with two attached hydrogens (primary N) is 1. The van der Waals surface area contributed by atoms with Crippen LogP contribution in [-0.4, -0.2) is 16.0 Å². The highest BCUT2D eigenvalue weighted by molar-refractivity contribution is 5.94. The normalized spacial score (nSPS) is 10.7. The Labute approximate surface area is 118 Å². The molecule has 0 aliphatic carbocycles. The van der Waals surface area contributed by atoms with E-state index in [1.807, 2.05) is 0 Å². The quantitative estimate of drug-likeness (QED) is 0.385. The Morgan fingerprint density at radius 2 is 1.81 bits per heavy atom. The van der Waals surface area contributed by atoms with Crippen molar-refractivity contribution in [3.63, 3.8) is 0 Å². The van der Waals surface area contributed by atoms with Crippen molar-refractivity contribution in [1.29, 1.82) is 0 Å². The topological polar surface area (TPSA) is 131 Å². The molecule has 8 nitrogen and oxygen atoms in total. The predicted molar refractivity (Wildman–Crippen MR) is 75.1 cm³/mol. The summed E-state index contributed by atoms with van der Waals surface area (Å²) in [5, 5.41) is 27.4. The standard InChI is InChI=1S/C13H10N4O4/c14-8-1-3-9(4-2-8)15-16-12-6-5-10(17(20)21)7-11(12)13(18)19/h1-7H,14H2,(H,18,19)/b16-15+. The van der Waals surface area contributed by atoms with E-state index in [4.69, 9.17) is 10.8 Å². The Morgan fingerprint density at radius 3 is 2.38 bits per heavy atom. The first-order valence-electron chi connectivity index (χ1n) is 5.76. The summed E-state index contributed by atoms with van der Waals surface area (Å²) >= 11 is 0. The minimum Gasteiger partial charge on any atom is -0.478 e. The molecule has 0 aromatic heterocycles. The SMILES string of the molecule is Nc1ccc(/N=N/c2ccc([N+](=O)[O-])cc2C(=O)O)cc1. The molecule has 0 spiro atoms. The summed E-state index contributed by atoms with van der Waals surface area (Å²) in [5.41, 5.74) is 6.00. The van der Waals surface area contributed by atoms with Crippen molar-refractivity contribution in [2.24, 2.45) is 10.2 Å². The van der Waals surface area contributed by atoms with E-state index in [9.17, 15) is 14.9 Å². The van der Waals surface area contributed by atoms with Gasteiger partial charge < -0.3 is 10.8 Å². The maximum Gasteiger partial charge on any atom is 0.338 e. The van der Waals surface area contributed by atoms with E-state index in [1.165, 1.54) is 12.1 Å². The van der Waals surface area contributed by atoms with Gasteiger partial charge in [0, 0.05) is 17.8 Å². The number of benzene rings is 2. The van der Waals surface area contributed by atoms with Crippen LogP contribution in [0.1, 0.15) is 10.4 Å². The fraction of sp³-hybridized carbons (Fsp3) is 0. The van der Waals surface area contributed by atoms with Crippen LogP contribution in [-0.2, 0) is 0 Å². The van der Waals surface area contributed by atoms with Crippen LogP contribution < -0.4 is 5.73 Å². The van der Waals surface area contributed by atoms with Crippen molar-refractivity contribution in [1.82, 2.24) is 0 Å². The van der Waals surface area contributed by atoms with Crippen molar-refractivity contribution in [3.8, 4) is 0 Å². The van der Waals surface area contributed by atoms with E-state index in [1.54, 1.807) is 24.3 Å². The molecule has 0 saturated carbocycles. The van der Waals surface area contributed by atoms with Crippen LogP contribution in [0.5, 0.6) is 0 Å². The minimum absolute atomic E-state index is 0.0323. The second-order valence-corrected chi connectivity index (χ2v) is 4.06. The van der Waals surface area contributed by atoms with Crippen LogP contribution in [0.25, 0.3) is 0 Å². The van der Waals surface area contributed by atoms with Gasteiger partial charge in [-0.25, -0.2) is 4.79 Å². The number of nitrogen functional groups attached to an aromatic ring is 1. The van der Waals surface area contributed by atoms with Gasteiger partial charge in [0.05, 0.1) is 16.2 Å². The van der Waals surface area contributed by atoms with Crippen molar-refractivity contribution in [2.75, 3.05) is 5.73 Å². The molecule has 0 amide bonds. The van der Waals surface area contributed by atoms with Crippen molar-refractivity contribution >= 4 is 28.7 Å². The number of aromatic carboxylic acids is 1. The number of nitro groups is 1. The molecule has 2 aromatic rings. The second-order valence-electron chi connectivity index (χ2n) is 4.06. The third-order valence-corrected chi connectivity index (χ3v) is 2.59. The molecule has 0 saturated heterocycles. The number of hydrogen-bond acceptors (Lipinski definition) is 6. The van der Waals surface area contributed by atoms with E-state index in [0.717, 1.165) is 6.07 Å². The highest BCUT2D eigenvalue weighted by Gasteiger charge is 2.15. The van der Waals surface area contributed by atoms with Crippen molar-refractivity contribution in [3.05, 3.63) is 58.1 Å². The first kappa shape index (κ1) is 14.1. The fourth-order valence-electron chi connectivity index (χ4n) is 1.55. The lowest BCUT2D eigenvalue weighted by Gasteiger charge is -2.00. The van der Waals surface area contributed by atoms with Gasteiger partial charge in [0.15, 0.2) is 0 Å². The van der Waals surface area contributed by atoms with Gasteiger partial charge in [-0.2, -0.15) is 5.11 Å². The summed E-state index contributed by atoms with van der Waals surface area (Å²) in [7, 11) is 0. The molecule has 0 bridgehead atoms. The molecule has 8 heteroatoms. The van der Waals surface area contributed by atoms with Crippen LogP contribution in [0.15, 0.2) is 52.7 Å². The van der Waals surface area contributed by atoms with Crippen LogP contribution in [0.2, 0.25) is 0 Å². The molecule has 21 heavy (non-hydrogen) atoms. The molecule has 106 valence electrons. The van der Waals surface area contributed by atoms with Gasteiger partial charge in [-0.15, -0.1) is 5.11 Å². The molecule has 2 rings (SSSR count). The molecule has 0 unspecified atom stereocenters. The number of anilines is 1. The molecular formula is C13H10N4O4. The number of carbonyl (C=O) groups is 1. The molecule has 3 N–H and O–H groups in total. The largest absolute Gasteiger partial charge is 0.478 e. The fourth-order valence-corrected chi connectivity index (χ4v) is 1.55. The average molecular weight is 286 g/mol. The zero-order valence-corrected chi connectivity index (χ0v) is 10.6. The van der Waals surface area contributed by atoms with Gasteiger partial charge in [-0.05, 0) is 30.3 Å². The van der Waals surface area contributed by atoms with E-state index < -0.39 is 10.9 Å². The number of carboxylic acids is 1. The van der Waals surface area contributed by atoms with Gasteiger partial charge in [0.2, 0.25) is 0 Å². The zero-order chi connectivity index (χ0) is 15.4. The number of nitrogens with zero attached hydrogens (tertiary/aromatic N) is 3. The summed E-state index contributed by atoms with van der Waals surface area (Å²) in [6.07, 6.45) is 0. The Morgan fingerprint density at radius 1 is 1.14 bits per heavy atom. The molecule has 0 atom stereocenters. The Hall–Kier alpha value is -3.29. The number of hydrogen-bond donors (Lipinski definition) is 2. The lowest BCUT2D eigenvalue weighted by atomic mass is 10.1. The molecule has 2 aromatic carbocycles. The second kappa shape index (κ2) is 5.78. The maximum atomic E-state index is 11.1. The van der Waals surface area contributed by atoms with E-state index in [-0.39, 0.29) is 16.9 Å². The number of nitro benzene ring substituents is 1. The monoisotopic (exact) mass is 286 g/mol. The number of non-ortho nitro benzene ring substituents is 1. The summed E-state index contributed by atoms with van der Waals surface area (Å²) in [6.45, 7) is 0. The van der Waals surface area contributed by atoms with Gasteiger partial charge in [-0.1, -0.05) is 0 Å². The predicted octanol–water partition coefficient (Wildman–Crippen LogP) is 3.29. The molecule has 0 aliphatic heterocycles. The summed E-state index contributed by atoms with van der Waals surface area (Å²) in [6, 6.07) is 9.84.